The molecule has 2 aromatic rings. The van der Waals surface area contributed by atoms with Crippen molar-refractivity contribution >= 4 is 34.8 Å². The van der Waals surface area contributed by atoms with E-state index in [1.54, 1.807) is 24.3 Å². The third-order valence-electron chi connectivity index (χ3n) is 4.81. The van der Waals surface area contributed by atoms with E-state index in [2.05, 4.69) is 16.0 Å². The number of amides is 2. The number of carbonyl (C=O) groups excluding carboxylic acids is 2. The zero-order valence-corrected chi connectivity index (χ0v) is 16.6. The van der Waals surface area contributed by atoms with Crippen LogP contribution in [0, 0.1) is 0 Å². The third kappa shape index (κ3) is 6.16. The number of hydrogen-bond acceptors (Lipinski definition) is 3. The van der Waals surface area contributed by atoms with Crippen LogP contribution in [0.15, 0.2) is 54.6 Å². The smallest absolute Gasteiger partial charge is 0.251 e. The molecule has 0 radical (unpaired) electrons. The number of nitrogens with one attached hydrogen (secondary N) is 3. The SMILES string of the molecule is O=C(Cc1ccccc1)NC(=S)Nc1ccc(C(=O)NC2CCCCC2)cc1. The van der Waals surface area contributed by atoms with Crippen LogP contribution in [-0.4, -0.2) is 23.0 Å². The van der Waals surface area contributed by atoms with Crippen molar-refractivity contribution in [3.8, 4) is 0 Å². The summed E-state index contributed by atoms with van der Waals surface area (Å²) in [6.45, 7) is 0. The highest BCUT2D eigenvalue weighted by Crippen LogP contribution is 2.18. The van der Waals surface area contributed by atoms with Crippen LogP contribution in [0.2, 0.25) is 0 Å². The van der Waals surface area contributed by atoms with Crippen molar-refractivity contribution < 1.29 is 9.59 Å². The van der Waals surface area contributed by atoms with Gasteiger partial charge in [0.15, 0.2) is 5.11 Å². The molecule has 3 N–H and O–H groups in total. The summed E-state index contributed by atoms with van der Waals surface area (Å²) in [5.41, 5.74) is 2.27. The fourth-order valence-electron chi connectivity index (χ4n) is 3.34. The number of anilines is 1. The van der Waals surface area contributed by atoms with Crippen LogP contribution in [0.1, 0.15) is 48.0 Å². The molecule has 0 aliphatic heterocycles. The molecule has 5 nitrogen and oxygen atoms in total. The van der Waals surface area contributed by atoms with Crippen molar-refractivity contribution in [3.63, 3.8) is 0 Å². The first-order valence-electron chi connectivity index (χ1n) is 9.66. The van der Waals surface area contributed by atoms with Gasteiger partial charge in [-0.2, -0.15) is 0 Å². The van der Waals surface area contributed by atoms with Gasteiger partial charge in [-0.25, -0.2) is 0 Å². The van der Waals surface area contributed by atoms with Crippen LogP contribution in [0.3, 0.4) is 0 Å². The fourth-order valence-corrected chi connectivity index (χ4v) is 3.57. The van der Waals surface area contributed by atoms with E-state index in [1.807, 2.05) is 30.3 Å². The van der Waals surface area contributed by atoms with Gasteiger partial charge < -0.3 is 16.0 Å². The van der Waals surface area contributed by atoms with Gasteiger partial charge in [-0.05, 0) is 54.9 Å². The zero-order chi connectivity index (χ0) is 19.8. The Morgan fingerprint density at radius 1 is 0.929 bits per heavy atom. The summed E-state index contributed by atoms with van der Waals surface area (Å²) < 4.78 is 0. The molecule has 2 amide bonds. The molecule has 146 valence electrons. The van der Waals surface area contributed by atoms with Crippen molar-refractivity contribution in [2.24, 2.45) is 0 Å². The molecule has 0 spiro atoms. The molecular weight excluding hydrogens is 370 g/mol. The highest BCUT2D eigenvalue weighted by Gasteiger charge is 2.16. The van der Waals surface area contributed by atoms with Crippen LogP contribution < -0.4 is 16.0 Å². The summed E-state index contributed by atoms with van der Waals surface area (Å²) in [6.07, 6.45) is 6.00. The molecule has 0 saturated heterocycles. The molecule has 1 aliphatic carbocycles. The van der Waals surface area contributed by atoms with E-state index in [1.165, 1.54) is 19.3 Å². The van der Waals surface area contributed by atoms with Gasteiger partial charge in [0, 0.05) is 17.3 Å². The fraction of sp³-hybridized carbons (Fsp3) is 0.318. The van der Waals surface area contributed by atoms with Crippen molar-refractivity contribution in [1.82, 2.24) is 10.6 Å². The van der Waals surface area contributed by atoms with Gasteiger partial charge in [-0.3, -0.25) is 9.59 Å². The minimum atomic E-state index is -0.174. The van der Waals surface area contributed by atoms with Gasteiger partial charge in [0.1, 0.15) is 0 Å². The Kier molecular flexibility index (Phi) is 7.14. The molecule has 1 fully saturated rings. The van der Waals surface area contributed by atoms with Crippen molar-refractivity contribution in [1.29, 1.82) is 0 Å². The summed E-state index contributed by atoms with van der Waals surface area (Å²) in [4.78, 5) is 24.4. The summed E-state index contributed by atoms with van der Waals surface area (Å²) in [5, 5.41) is 8.98. The van der Waals surface area contributed by atoms with E-state index in [-0.39, 0.29) is 29.4 Å². The van der Waals surface area contributed by atoms with E-state index in [4.69, 9.17) is 12.2 Å². The lowest BCUT2D eigenvalue weighted by molar-refractivity contribution is -0.119. The van der Waals surface area contributed by atoms with E-state index < -0.39 is 0 Å². The molecule has 0 heterocycles. The summed E-state index contributed by atoms with van der Waals surface area (Å²) in [7, 11) is 0. The molecule has 0 aromatic heterocycles. The first-order chi connectivity index (χ1) is 13.6. The highest BCUT2D eigenvalue weighted by atomic mass is 32.1. The number of carbonyl (C=O) groups is 2. The van der Waals surface area contributed by atoms with Crippen LogP contribution in [0.4, 0.5) is 5.69 Å². The van der Waals surface area contributed by atoms with Crippen molar-refractivity contribution in [2.75, 3.05) is 5.32 Å². The summed E-state index contributed by atoms with van der Waals surface area (Å²) in [6, 6.07) is 16.9. The monoisotopic (exact) mass is 395 g/mol. The maximum Gasteiger partial charge on any atom is 0.251 e. The maximum atomic E-state index is 12.4. The zero-order valence-electron chi connectivity index (χ0n) is 15.7. The highest BCUT2D eigenvalue weighted by molar-refractivity contribution is 7.80. The van der Waals surface area contributed by atoms with E-state index in [9.17, 15) is 9.59 Å². The Morgan fingerprint density at radius 3 is 2.29 bits per heavy atom. The normalized spacial score (nSPS) is 14.1. The molecule has 0 atom stereocenters. The number of rotatable bonds is 5. The summed E-state index contributed by atoms with van der Waals surface area (Å²) in [5.74, 6) is -0.218. The van der Waals surface area contributed by atoms with Crippen LogP contribution in [0.25, 0.3) is 0 Å². The first-order valence-corrected chi connectivity index (χ1v) is 10.1. The summed E-state index contributed by atoms with van der Waals surface area (Å²) >= 11 is 5.20. The average Bonchev–Trinajstić information content (AvgIpc) is 2.70. The molecule has 2 aromatic carbocycles. The maximum absolute atomic E-state index is 12.4. The van der Waals surface area contributed by atoms with Gasteiger partial charge >= 0.3 is 0 Å². The Hall–Kier alpha value is -2.73. The molecular formula is C22H25N3O2S. The number of thiocarbonyl (C=S) groups is 1. The second-order valence-electron chi connectivity index (χ2n) is 7.05. The van der Waals surface area contributed by atoms with Gasteiger partial charge in [0.2, 0.25) is 5.91 Å². The molecule has 28 heavy (non-hydrogen) atoms. The molecule has 3 rings (SSSR count). The predicted octanol–water partition coefficient (Wildman–Crippen LogP) is 3.80. The van der Waals surface area contributed by atoms with E-state index >= 15 is 0 Å². The van der Waals surface area contributed by atoms with Crippen molar-refractivity contribution in [2.45, 2.75) is 44.6 Å². The van der Waals surface area contributed by atoms with Crippen molar-refractivity contribution in [3.05, 3.63) is 65.7 Å². The lowest BCUT2D eigenvalue weighted by Gasteiger charge is -2.22. The van der Waals surface area contributed by atoms with E-state index in [0.717, 1.165) is 24.1 Å². The van der Waals surface area contributed by atoms with Crippen LogP contribution in [-0.2, 0) is 11.2 Å². The topological polar surface area (TPSA) is 70.2 Å². The Balaban J connectivity index is 1.47. The molecule has 6 heteroatoms. The third-order valence-corrected chi connectivity index (χ3v) is 5.01. The second kappa shape index (κ2) is 9.99. The quantitative estimate of drug-likeness (QED) is 0.674. The standard InChI is InChI=1S/C22H25N3O2S/c26-20(15-16-7-3-1-4-8-16)25-22(28)24-19-13-11-17(12-14-19)21(27)23-18-9-5-2-6-10-18/h1,3-4,7-8,11-14,18H,2,5-6,9-10,15H2,(H,23,27)(H2,24,25,26,28). The van der Waals surface area contributed by atoms with Gasteiger partial charge in [0.05, 0.1) is 6.42 Å². The van der Waals surface area contributed by atoms with Gasteiger partial charge in [-0.15, -0.1) is 0 Å². The second-order valence-corrected chi connectivity index (χ2v) is 7.46. The Labute approximate surface area is 170 Å². The van der Waals surface area contributed by atoms with Crippen LogP contribution >= 0.6 is 12.2 Å². The molecule has 0 bridgehead atoms. The molecule has 0 unspecified atom stereocenters. The van der Waals surface area contributed by atoms with Crippen LogP contribution in [0.5, 0.6) is 0 Å². The lowest BCUT2D eigenvalue weighted by atomic mass is 9.95. The largest absolute Gasteiger partial charge is 0.349 e. The minimum absolute atomic E-state index is 0.0443. The predicted molar refractivity (Wildman–Crippen MR) is 115 cm³/mol. The lowest BCUT2D eigenvalue weighted by Crippen LogP contribution is -2.36. The minimum Gasteiger partial charge on any atom is -0.349 e. The first kappa shape index (κ1) is 20.0. The Bertz CT molecular complexity index is 815. The average molecular weight is 396 g/mol. The van der Waals surface area contributed by atoms with Gasteiger partial charge in [-0.1, -0.05) is 49.6 Å². The Morgan fingerprint density at radius 2 is 1.61 bits per heavy atom. The van der Waals surface area contributed by atoms with Gasteiger partial charge in [0.25, 0.3) is 5.91 Å². The number of hydrogen-bond donors (Lipinski definition) is 3. The van der Waals surface area contributed by atoms with E-state index in [0.29, 0.717) is 5.56 Å². The molecule has 1 aliphatic rings. The number of benzene rings is 2. The molecule has 1 saturated carbocycles.